The molecule has 0 aliphatic rings. The molecule has 0 radical (unpaired) electrons. The lowest BCUT2D eigenvalue weighted by molar-refractivity contribution is -0.148. The summed E-state index contributed by atoms with van der Waals surface area (Å²) in [6, 6.07) is 10.5. The number of carbonyl (C=O) groups excluding carboxylic acids is 4. The number of anilines is 2. The van der Waals surface area contributed by atoms with E-state index in [0.29, 0.717) is 46.7 Å². The van der Waals surface area contributed by atoms with Crippen LogP contribution >= 0.6 is 0 Å². The summed E-state index contributed by atoms with van der Waals surface area (Å²) in [5.41, 5.74) is -0.0923. The van der Waals surface area contributed by atoms with Gasteiger partial charge in [0.15, 0.2) is 17.4 Å². The first-order valence-electron chi connectivity index (χ1n) is 20.9. The predicted octanol–water partition coefficient (Wildman–Crippen LogP) is 6.98. The number of unbranched alkanes of at least 4 members (excludes halogenated alkanes) is 1. The normalized spacial score (nSPS) is 12.4. The third-order valence-corrected chi connectivity index (χ3v) is 9.11. The van der Waals surface area contributed by atoms with E-state index in [1.165, 1.54) is 24.9 Å². The maximum atomic E-state index is 15.6. The van der Waals surface area contributed by atoms with E-state index in [-0.39, 0.29) is 49.9 Å². The van der Waals surface area contributed by atoms with Crippen molar-refractivity contribution in [3.05, 3.63) is 84.3 Å². The number of hydrogen-bond donors (Lipinski definition) is 4. The van der Waals surface area contributed by atoms with Crippen molar-refractivity contribution in [3.63, 3.8) is 0 Å². The Bertz CT molecular complexity index is 2420. The Morgan fingerprint density at radius 3 is 2.22 bits per heavy atom. The van der Waals surface area contributed by atoms with E-state index in [1.54, 1.807) is 84.3 Å². The van der Waals surface area contributed by atoms with E-state index < -0.39 is 59.0 Å². The van der Waals surface area contributed by atoms with Crippen molar-refractivity contribution < 1.29 is 51.6 Å². The predicted molar refractivity (Wildman–Crippen MR) is 236 cm³/mol. The molecule has 0 fully saturated rings. The van der Waals surface area contributed by atoms with Crippen LogP contribution in [0.5, 0.6) is 11.5 Å². The highest BCUT2D eigenvalue weighted by Gasteiger charge is 2.28. The number of amides is 3. The fourth-order valence-corrected chi connectivity index (χ4v) is 6.17. The molecule has 65 heavy (non-hydrogen) atoms. The summed E-state index contributed by atoms with van der Waals surface area (Å²) in [6.07, 6.45) is 4.39. The Labute approximate surface area is 375 Å². The number of nitrogens with zero attached hydrogens (tertiary/aromatic N) is 5. The number of pyridine rings is 1. The molecule has 2 atom stereocenters. The van der Waals surface area contributed by atoms with E-state index in [2.05, 4.69) is 41.3 Å². The molecule has 0 aliphatic heterocycles. The average Bonchev–Trinajstić information content (AvgIpc) is 3.60. The summed E-state index contributed by atoms with van der Waals surface area (Å²) < 4.78 is 59.3. The van der Waals surface area contributed by atoms with E-state index in [9.17, 15) is 19.2 Å². The fraction of sp³-hybridized carbons (Fsp3) is 0.422. The smallest absolute Gasteiger partial charge is 0.408 e. The molecule has 0 spiro atoms. The standard InChI is InChI=1S/C45H55F2N9O9/c1-27(51-40(57)34(53-43(60)65-45(5,6)7)14-11-12-18-49-42(59)64-44(2,3)4)41(58)63-22-21-62-29-23-32(46)31(33(47)24-29)26-56-35-15-10-9-13-30(35)37(55-56)39-50-25-36(61-8)38(54-39)52-28-16-19-48-20-17-28/h9-10,13,15-17,19-20,23-25,27,34H,11-12,14,18,21-22,26H2,1-8H3,(H,49,59)(H,51,57)(H,53,60)(H,48,50,52,54)/t27-,34-/m0/s1. The first-order valence-corrected chi connectivity index (χ1v) is 20.9. The van der Waals surface area contributed by atoms with Gasteiger partial charge in [0.05, 0.1) is 25.4 Å². The highest BCUT2D eigenvalue weighted by Crippen LogP contribution is 2.32. The Balaban J connectivity index is 1.16. The SMILES string of the molecule is COc1cnc(-c2nn(Cc3c(F)cc(OCCOC(=O)[C@H](C)NC(=O)[C@H](CCCCNC(=O)OC(C)(C)C)NC(=O)OC(C)(C)C)cc3F)c3ccccc23)nc1Nc1ccncc1. The largest absolute Gasteiger partial charge is 0.491 e. The van der Waals surface area contributed by atoms with Gasteiger partial charge >= 0.3 is 18.2 Å². The summed E-state index contributed by atoms with van der Waals surface area (Å²) in [7, 11) is 1.49. The van der Waals surface area contributed by atoms with Crippen LogP contribution in [0.3, 0.4) is 0 Å². The van der Waals surface area contributed by atoms with E-state index in [0.717, 1.165) is 12.1 Å². The van der Waals surface area contributed by atoms with Crippen LogP contribution in [0.1, 0.15) is 73.3 Å². The molecular formula is C45H55F2N9O9. The van der Waals surface area contributed by atoms with Gasteiger partial charge in [-0.25, -0.2) is 33.1 Å². The van der Waals surface area contributed by atoms with Crippen LogP contribution in [0, 0.1) is 11.6 Å². The van der Waals surface area contributed by atoms with Crippen LogP contribution in [0.4, 0.5) is 29.9 Å². The molecule has 0 unspecified atom stereocenters. The van der Waals surface area contributed by atoms with Gasteiger partial charge in [-0.05, 0) is 85.9 Å². The van der Waals surface area contributed by atoms with Crippen molar-refractivity contribution in [2.24, 2.45) is 0 Å². The van der Waals surface area contributed by atoms with Crippen molar-refractivity contribution in [1.29, 1.82) is 0 Å². The van der Waals surface area contributed by atoms with Gasteiger partial charge in [-0.1, -0.05) is 18.2 Å². The van der Waals surface area contributed by atoms with Gasteiger partial charge in [0.2, 0.25) is 5.91 Å². The average molecular weight is 904 g/mol. The zero-order valence-electron chi connectivity index (χ0n) is 37.6. The molecule has 3 amide bonds. The molecule has 5 rings (SSSR count). The third kappa shape index (κ3) is 14.7. The van der Waals surface area contributed by atoms with Crippen LogP contribution in [0.15, 0.2) is 67.1 Å². The quantitative estimate of drug-likeness (QED) is 0.0373. The van der Waals surface area contributed by atoms with E-state index >= 15 is 8.78 Å². The second-order valence-electron chi connectivity index (χ2n) is 16.7. The van der Waals surface area contributed by atoms with Crippen LogP contribution < -0.4 is 30.7 Å². The number of para-hydroxylation sites is 1. The van der Waals surface area contributed by atoms with Gasteiger partial charge in [-0.2, -0.15) is 5.10 Å². The number of methoxy groups -OCH3 is 1. The van der Waals surface area contributed by atoms with Gasteiger partial charge in [0, 0.05) is 47.7 Å². The highest BCUT2D eigenvalue weighted by molar-refractivity contribution is 5.92. The van der Waals surface area contributed by atoms with E-state index in [1.807, 2.05) is 6.07 Å². The maximum Gasteiger partial charge on any atom is 0.408 e. The first-order chi connectivity index (χ1) is 30.8. The highest BCUT2D eigenvalue weighted by atomic mass is 19.1. The second kappa shape index (κ2) is 22.0. The lowest BCUT2D eigenvalue weighted by atomic mass is 10.1. The first kappa shape index (κ1) is 48.9. The summed E-state index contributed by atoms with van der Waals surface area (Å²) >= 11 is 0. The molecule has 2 aromatic carbocycles. The van der Waals surface area contributed by atoms with Crippen molar-refractivity contribution in [2.45, 2.75) is 97.6 Å². The van der Waals surface area contributed by atoms with Crippen molar-refractivity contribution in [1.82, 2.24) is 40.7 Å². The zero-order chi connectivity index (χ0) is 47.3. The van der Waals surface area contributed by atoms with Gasteiger partial charge in [-0.3, -0.25) is 14.5 Å². The number of carbonyl (C=O) groups is 4. The summed E-state index contributed by atoms with van der Waals surface area (Å²) in [5.74, 6) is -2.42. The van der Waals surface area contributed by atoms with Crippen molar-refractivity contribution in [3.8, 4) is 23.0 Å². The van der Waals surface area contributed by atoms with Crippen LogP contribution in [-0.4, -0.2) is 98.9 Å². The van der Waals surface area contributed by atoms with Crippen LogP contribution in [0.25, 0.3) is 22.4 Å². The van der Waals surface area contributed by atoms with E-state index in [4.69, 9.17) is 23.7 Å². The molecule has 4 N–H and O–H groups in total. The molecular weight excluding hydrogens is 849 g/mol. The fourth-order valence-electron chi connectivity index (χ4n) is 6.17. The lowest BCUT2D eigenvalue weighted by Gasteiger charge is -2.24. The molecule has 348 valence electrons. The third-order valence-electron chi connectivity index (χ3n) is 9.11. The summed E-state index contributed by atoms with van der Waals surface area (Å²) in [4.78, 5) is 63.7. The Morgan fingerprint density at radius 2 is 1.54 bits per heavy atom. The monoisotopic (exact) mass is 903 g/mol. The van der Waals surface area contributed by atoms with Crippen LogP contribution in [-0.2, 0) is 30.3 Å². The molecule has 0 saturated heterocycles. The Kier molecular flexibility index (Phi) is 16.5. The number of hydrogen-bond acceptors (Lipinski definition) is 14. The number of alkyl carbamates (subject to hydrolysis) is 2. The molecule has 0 saturated carbocycles. The molecule has 0 bridgehead atoms. The second-order valence-corrected chi connectivity index (χ2v) is 16.7. The molecule has 0 aliphatic carbocycles. The Hall–Kier alpha value is -7.12. The number of fused-ring (bicyclic) bond motifs is 1. The number of benzene rings is 2. The Morgan fingerprint density at radius 1 is 0.862 bits per heavy atom. The molecule has 5 aromatic rings. The van der Waals surface area contributed by atoms with Crippen molar-refractivity contribution >= 4 is 46.5 Å². The van der Waals surface area contributed by atoms with Gasteiger partial charge in [0.1, 0.15) is 59.6 Å². The minimum absolute atomic E-state index is 0.148. The molecule has 18 nitrogen and oxygen atoms in total. The number of halogens is 2. The summed E-state index contributed by atoms with van der Waals surface area (Å²) in [6.45, 7) is 11.1. The number of aromatic nitrogens is 5. The molecule has 20 heteroatoms. The topological polar surface area (TPSA) is 219 Å². The maximum absolute atomic E-state index is 15.6. The summed E-state index contributed by atoms with van der Waals surface area (Å²) in [5, 5.41) is 16.2. The number of rotatable bonds is 19. The van der Waals surface area contributed by atoms with Crippen molar-refractivity contribution in [2.75, 3.05) is 32.2 Å². The van der Waals surface area contributed by atoms with Gasteiger partial charge in [-0.15, -0.1) is 0 Å². The minimum Gasteiger partial charge on any atom is -0.491 e. The van der Waals surface area contributed by atoms with Gasteiger partial charge in [0.25, 0.3) is 0 Å². The van der Waals surface area contributed by atoms with Crippen LogP contribution in [0.2, 0.25) is 0 Å². The van der Waals surface area contributed by atoms with Gasteiger partial charge < -0.3 is 45.0 Å². The molecule has 3 heterocycles. The zero-order valence-corrected chi connectivity index (χ0v) is 37.6. The minimum atomic E-state index is -1.14. The number of ether oxygens (including phenoxy) is 5. The lowest BCUT2D eigenvalue weighted by Crippen LogP contribution is -2.52. The number of esters is 1. The molecule has 3 aromatic heterocycles. The number of nitrogens with one attached hydrogen (secondary N) is 4.